The zero-order valence-electron chi connectivity index (χ0n) is 22.5. The minimum absolute atomic E-state index is 0.0447. The molecule has 1 amide bonds. The quantitative estimate of drug-likeness (QED) is 0.260. The Labute approximate surface area is 235 Å². The summed E-state index contributed by atoms with van der Waals surface area (Å²) < 4.78 is 15.5. The number of hydrogen-bond donors (Lipinski definition) is 1. The molecule has 0 atom stereocenters. The first kappa shape index (κ1) is 26.1. The van der Waals surface area contributed by atoms with Gasteiger partial charge >= 0.3 is 0 Å². The highest BCUT2D eigenvalue weighted by atomic mass is 32.1. The van der Waals surface area contributed by atoms with Crippen LogP contribution in [0, 0.1) is 5.82 Å². The highest BCUT2D eigenvalue weighted by Crippen LogP contribution is 2.38. The van der Waals surface area contributed by atoms with E-state index in [0.29, 0.717) is 19.6 Å². The lowest BCUT2D eigenvalue weighted by Crippen LogP contribution is -2.34. The maximum atomic E-state index is 13.6. The lowest BCUT2D eigenvalue weighted by atomic mass is 10.0. The Kier molecular flexibility index (Phi) is 7.27. The molecule has 0 spiro atoms. The van der Waals surface area contributed by atoms with Crippen molar-refractivity contribution >= 4 is 49.9 Å². The smallest absolute Gasteiger partial charge is 0.246 e. The number of thiophene rings is 1. The Hall–Kier alpha value is -4.15. The monoisotopic (exact) mass is 555 g/mol. The molecule has 0 aliphatic carbocycles. The lowest BCUT2D eigenvalue weighted by molar-refractivity contribution is -0.126. The fraction of sp³-hybridized carbons (Fsp3) is 0.267. The number of nitrogens with zero attached hydrogens (tertiary/aromatic N) is 6. The molecule has 1 aliphatic rings. The van der Waals surface area contributed by atoms with Crippen molar-refractivity contribution in [2.24, 2.45) is 0 Å². The van der Waals surface area contributed by atoms with Crippen LogP contribution in [0.25, 0.3) is 21.1 Å². The second kappa shape index (κ2) is 11.1. The minimum atomic E-state index is -0.251. The summed E-state index contributed by atoms with van der Waals surface area (Å²) in [6, 6.07) is 12.6. The molecule has 10 heteroatoms. The Morgan fingerprint density at radius 2 is 2.12 bits per heavy atom. The third kappa shape index (κ3) is 5.32. The van der Waals surface area contributed by atoms with Gasteiger partial charge < -0.3 is 15.1 Å². The number of hydrogen-bond acceptors (Lipinski definition) is 7. The van der Waals surface area contributed by atoms with E-state index in [-0.39, 0.29) is 11.7 Å². The van der Waals surface area contributed by atoms with Gasteiger partial charge in [0, 0.05) is 35.1 Å². The van der Waals surface area contributed by atoms with Gasteiger partial charge in [-0.15, -0.1) is 11.3 Å². The Balaban J connectivity index is 1.21. The minimum Gasteiger partial charge on any atom is -0.340 e. The Bertz CT molecular complexity index is 1730. The van der Waals surface area contributed by atoms with E-state index in [0.717, 1.165) is 62.6 Å². The number of amides is 1. The second-order valence-corrected chi connectivity index (χ2v) is 11.1. The number of likely N-dealkylation sites (N-methyl/N-ethyl adjacent to an activating group) is 1. The van der Waals surface area contributed by atoms with Gasteiger partial charge in [0.1, 0.15) is 22.8 Å². The van der Waals surface area contributed by atoms with Crippen LogP contribution in [-0.2, 0) is 24.3 Å². The van der Waals surface area contributed by atoms with E-state index < -0.39 is 0 Å². The molecule has 0 saturated heterocycles. The first-order valence-corrected chi connectivity index (χ1v) is 14.2. The summed E-state index contributed by atoms with van der Waals surface area (Å²) in [5.41, 5.74) is 3.94. The van der Waals surface area contributed by atoms with Crippen molar-refractivity contribution in [3.63, 3.8) is 0 Å². The van der Waals surface area contributed by atoms with E-state index in [1.54, 1.807) is 29.8 Å². The average molecular weight is 556 g/mol. The summed E-state index contributed by atoms with van der Waals surface area (Å²) in [6.07, 6.45) is 7.79. The molecule has 0 saturated carbocycles. The molecule has 204 valence electrons. The van der Waals surface area contributed by atoms with Crippen LogP contribution in [0.15, 0.2) is 67.1 Å². The number of halogens is 1. The number of benzene rings is 2. The molecule has 3 aromatic heterocycles. The summed E-state index contributed by atoms with van der Waals surface area (Å²) in [5.74, 6) is 0.554. The number of nitrogens with one attached hydrogen (secondary N) is 1. The average Bonchev–Trinajstić information content (AvgIpc) is 3.53. The van der Waals surface area contributed by atoms with Gasteiger partial charge in [-0.25, -0.2) is 14.4 Å². The molecule has 4 heterocycles. The highest BCUT2D eigenvalue weighted by Gasteiger charge is 2.25. The summed E-state index contributed by atoms with van der Waals surface area (Å²) in [7, 11) is 2.03. The van der Waals surface area contributed by atoms with Crippen molar-refractivity contribution in [1.82, 2.24) is 29.5 Å². The number of aromatic nitrogens is 4. The highest BCUT2D eigenvalue weighted by molar-refractivity contribution is 7.19. The van der Waals surface area contributed by atoms with Crippen molar-refractivity contribution in [2.45, 2.75) is 26.4 Å². The normalized spacial score (nSPS) is 13.6. The van der Waals surface area contributed by atoms with E-state index in [4.69, 9.17) is 0 Å². The van der Waals surface area contributed by atoms with Gasteiger partial charge in [-0.1, -0.05) is 25.1 Å². The van der Waals surface area contributed by atoms with Crippen LogP contribution in [-0.4, -0.2) is 62.1 Å². The summed E-state index contributed by atoms with van der Waals surface area (Å²) >= 11 is 1.63. The molecule has 5 aromatic rings. The fourth-order valence-electron chi connectivity index (χ4n) is 5.01. The van der Waals surface area contributed by atoms with Crippen molar-refractivity contribution in [3.8, 4) is 0 Å². The largest absolute Gasteiger partial charge is 0.340 e. The molecule has 1 aliphatic heterocycles. The third-order valence-corrected chi connectivity index (χ3v) is 8.42. The van der Waals surface area contributed by atoms with Crippen molar-refractivity contribution in [2.75, 3.05) is 32.0 Å². The van der Waals surface area contributed by atoms with E-state index in [1.165, 1.54) is 17.7 Å². The molecule has 0 radical (unpaired) electrons. The van der Waals surface area contributed by atoms with Gasteiger partial charge in [0.2, 0.25) is 5.91 Å². The fourth-order valence-corrected chi connectivity index (χ4v) is 6.22. The van der Waals surface area contributed by atoms with Crippen LogP contribution in [0.5, 0.6) is 0 Å². The number of fused-ring (bicyclic) bond motifs is 4. The van der Waals surface area contributed by atoms with E-state index in [1.807, 2.05) is 53.2 Å². The van der Waals surface area contributed by atoms with Gasteiger partial charge in [-0.05, 0) is 61.5 Å². The molecule has 2 aromatic carbocycles. The van der Waals surface area contributed by atoms with Gasteiger partial charge in [0.15, 0.2) is 0 Å². The predicted molar refractivity (Wildman–Crippen MR) is 157 cm³/mol. The Morgan fingerprint density at radius 1 is 1.23 bits per heavy atom. The van der Waals surface area contributed by atoms with Crippen molar-refractivity contribution in [1.29, 1.82) is 0 Å². The van der Waals surface area contributed by atoms with Gasteiger partial charge in [0.25, 0.3) is 0 Å². The number of carbonyl (C=O) groups excluding carboxylic acids is 1. The molecule has 1 N–H and O–H groups in total. The van der Waals surface area contributed by atoms with Crippen LogP contribution in [0.1, 0.15) is 22.9 Å². The summed E-state index contributed by atoms with van der Waals surface area (Å²) in [5, 5.41) is 10.0. The van der Waals surface area contributed by atoms with E-state index in [2.05, 4.69) is 32.2 Å². The molecular weight excluding hydrogens is 525 g/mol. The van der Waals surface area contributed by atoms with Gasteiger partial charge in [-0.3, -0.25) is 9.48 Å². The summed E-state index contributed by atoms with van der Waals surface area (Å²) in [6.45, 7) is 5.54. The molecular formula is C30H30FN7OS. The third-order valence-electron chi connectivity index (χ3n) is 7.29. The number of carbonyl (C=O) groups is 1. The SMILES string of the molecule is CCN(C)CC=CC(=O)N1CCc2c(sc3ncnc(Nc4ccc5c(cnn5Cc5cccc(F)c5)c4)c23)C1. The molecule has 0 fully saturated rings. The molecule has 8 nitrogen and oxygen atoms in total. The molecule has 40 heavy (non-hydrogen) atoms. The van der Waals surface area contributed by atoms with Crippen LogP contribution in [0.2, 0.25) is 0 Å². The second-order valence-electron chi connectivity index (χ2n) is 10.0. The van der Waals surface area contributed by atoms with E-state index >= 15 is 0 Å². The number of anilines is 2. The first-order chi connectivity index (χ1) is 19.5. The lowest BCUT2D eigenvalue weighted by Gasteiger charge is -2.26. The first-order valence-electron chi connectivity index (χ1n) is 13.3. The van der Waals surface area contributed by atoms with Crippen molar-refractivity contribution < 1.29 is 9.18 Å². The summed E-state index contributed by atoms with van der Waals surface area (Å²) in [4.78, 5) is 28.0. The van der Waals surface area contributed by atoms with Gasteiger partial charge in [0.05, 0.1) is 30.2 Å². The molecule has 0 unspecified atom stereocenters. The standard InChI is InChI=1S/C30H30FN7OS/c1-3-36(2)12-5-8-27(39)37-13-11-24-26(18-37)40-30-28(24)29(32-19-33-30)35-23-9-10-25-21(15-23)16-34-38(25)17-20-6-4-7-22(31)14-20/h4-10,14-16,19H,3,11-13,17-18H2,1-2H3,(H,32,33,35). The zero-order valence-corrected chi connectivity index (χ0v) is 23.3. The predicted octanol–water partition coefficient (Wildman–Crippen LogP) is 5.36. The topological polar surface area (TPSA) is 79.2 Å². The maximum absolute atomic E-state index is 13.6. The van der Waals surface area contributed by atoms with Crippen LogP contribution in [0.3, 0.4) is 0 Å². The van der Waals surface area contributed by atoms with Crippen molar-refractivity contribution in [3.05, 3.63) is 89.0 Å². The zero-order chi connectivity index (χ0) is 27.6. The number of rotatable bonds is 8. The van der Waals surface area contributed by atoms with E-state index in [9.17, 15) is 9.18 Å². The molecule has 6 rings (SSSR count). The Morgan fingerprint density at radius 3 is 2.98 bits per heavy atom. The van der Waals surface area contributed by atoms with Crippen LogP contribution in [0.4, 0.5) is 15.9 Å². The molecule has 0 bridgehead atoms. The van der Waals surface area contributed by atoms with Crippen LogP contribution < -0.4 is 5.32 Å². The van der Waals surface area contributed by atoms with Gasteiger partial charge in [-0.2, -0.15) is 5.10 Å². The maximum Gasteiger partial charge on any atom is 0.246 e. The van der Waals surface area contributed by atoms with Crippen LogP contribution >= 0.6 is 11.3 Å².